The average Bonchev–Trinajstić information content (AvgIpc) is 2.39. The fraction of sp³-hybridized carbons (Fsp3) is 0.667. The number of hydrogen-bond acceptors (Lipinski definition) is 2. The third-order valence-electron chi connectivity index (χ3n) is 4.05. The maximum atomic E-state index is 11.5. The van der Waals surface area contributed by atoms with E-state index in [0.29, 0.717) is 0 Å². The molecule has 0 aromatic carbocycles. The maximum absolute atomic E-state index is 11.5. The van der Waals surface area contributed by atoms with Crippen LogP contribution in [-0.2, 0) is 6.54 Å². The summed E-state index contributed by atoms with van der Waals surface area (Å²) in [6.07, 6.45) is 7.32. The van der Waals surface area contributed by atoms with E-state index in [2.05, 4.69) is 12.2 Å². The minimum absolute atomic E-state index is 0.0783. The van der Waals surface area contributed by atoms with Crippen LogP contribution in [0.4, 0.5) is 5.69 Å². The van der Waals surface area contributed by atoms with Crippen LogP contribution in [-0.4, -0.2) is 11.1 Å². The highest BCUT2D eigenvalue weighted by molar-refractivity contribution is 5.40. The van der Waals surface area contributed by atoms with Crippen molar-refractivity contribution in [2.45, 2.75) is 46.1 Å². The lowest BCUT2D eigenvalue weighted by molar-refractivity contribution is 0.300. The van der Waals surface area contributed by atoms with E-state index in [1.165, 1.54) is 25.7 Å². The fourth-order valence-electron chi connectivity index (χ4n) is 2.68. The van der Waals surface area contributed by atoms with Gasteiger partial charge in [-0.15, -0.1) is 0 Å². The van der Waals surface area contributed by atoms with Gasteiger partial charge in [-0.1, -0.05) is 19.8 Å². The SMILES string of the molecule is CCn1cc(NCC2CCC(C)CC2)ccc1=O. The topological polar surface area (TPSA) is 34.0 Å². The first-order valence-electron chi connectivity index (χ1n) is 7.13. The molecule has 0 bridgehead atoms. The van der Waals surface area contributed by atoms with Gasteiger partial charge in [0.1, 0.15) is 0 Å². The number of pyridine rings is 1. The third kappa shape index (κ3) is 3.37. The summed E-state index contributed by atoms with van der Waals surface area (Å²) in [5.41, 5.74) is 1.14. The van der Waals surface area contributed by atoms with Gasteiger partial charge in [0.15, 0.2) is 0 Å². The monoisotopic (exact) mass is 248 g/mol. The Kier molecular flexibility index (Phi) is 4.45. The van der Waals surface area contributed by atoms with Crippen LogP contribution in [0.25, 0.3) is 0 Å². The Labute approximate surface area is 109 Å². The van der Waals surface area contributed by atoms with E-state index >= 15 is 0 Å². The second kappa shape index (κ2) is 6.07. The summed E-state index contributed by atoms with van der Waals surface area (Å²) in [6, 6.07) is 3.54. The molecule has 18 heavy (non-hydrogen) atoms. The predicted octanol–water partition coefficient (Wildman–Crippen LogP) is 3.11. The fourth-order valence-corrected chi connectivity index (χ4v) is 2.68. The standard InChI is InChI=1S/C15H24N2O/c1-3-17-11-14(8-9-15(17)18)16-10-13-6-4-12(2)5-7-13/h8-9,11-13,16H,3-7,10H2,1-2H3. The van der Waals surface area contributed by atoms with Crippen molar-refractivity contribution in [2.24, 2.45) is 11.8 Å². The lowest BCUT2D eigenvalue weighted by atomic mass is 9.83. The second-order valence-corrected chi connectivity index (χ2v) is 5.55. The summed E-state index contributed by atoms with van der Waals surface area (Å²) >= 11 is 0. The van der Waals surface area contributed by atoms with Crippen LogP contribution in [0.1, 0.15) is 39.5 Å². The number of aryl methyl sites for hydroxylation is 1. The molecule has 0 aliphatic heterocycles. The summed E-state index contributed by atoms with van der Waals surface area (Å²) in [4.78, 5) is 11.5. The van der Waals surface area contributed by atoms with Crippen LogP contribution in [0, 0.1) is 11.8 Å². The van der Waals surface area contributed by atoms with Gasteiger partial charge >= 0.3 is 0 Å². The summed E-state index contributed by atoms with van der Waals surface area (Å²) < 4.78 is 1.74. The van der Waals surface area contributed by atoms with Crippen LogP contribution in [0.15, 0.2) is 23.1 Å². The predicted molar refractivity (Wildman–Crippen MR) is 76.0 cm³/mol. The first-order chi connectivity index (χ1) is 8.69. The average molecular weight is 248 g/mol. The molecule has 0 atom stereocenters. The Bertz CT molecular complexity index is 430. The molecule has 1 saturated carbocycles. The lowest BCUT2D eigenvalue weighted by Crippen LogP contribution is -2.22. The Morgan fingerprint density at radius 2 is 2.00 bits per heavy atom. The Morgan fingerprint density at radius 1 is 1.28 bits per heavy atom. The highest BCUT2D eigenvalue weighted by Crippen LogP contribution is 2.28. The molecule has 100 valence electrons. The van der Waals surface area contributed by atoms with Crippen molar-refractivity contribution in [2.75, 3.05) is 11.9 Å². The number of nitrogens with one attached hydrogen (secondary N) is 1. The van der Waals surface area contributed by atoms with E-state index in [1.54, 1.807) is 10.6 Å². The number of anilines is 1. The molecule has 0 unspecified atom stereocenters. The van der Waals surface area contributed by atoms with Crippen LogP contribution in [0.5, 0.6) is 0 Å². The summed E-state index contributed by atoms with van der Waals surface area (Å²) in [5.74, 6) is 1.70. The molecule has 1 fully saturated rings. The van der Waals surface area contributed by atoms with Crippen LogP contribution in [0.3, 0.4) is 0 Å². The van der Waals surface area contributed by atoms with E-state index in [0.717, 1.165) is 30.6 Å². The van der Waals surface area contributed by atoms with E-state index in [9.17, 15) is 4.79 Å². The van der Waals surface area contributed by atoms with Gasteiger partial charge in [0.25, 0.3) is 5.56 Å². The van der Waals surface area contributed by atoms with Crippen molar-refractivity contribution < 1.29 is 0 Å². The van der Waals surface area contributed by atoms with E-state index in [-0.39, 0.29) is 5.56 Å². The Morgan fingerprint density at radius 3 is 2.67 bits per heavy atom. The van der Waals surface area contributed by atoms with Gasteiger partial charge in [-0.05, 0) is 37.7 Å². The molecule has 0 saturated heterocycles. The quantitative estimate of drug-likeness (QED) is 0.888. The normalized spacial score (nSPS) is 23.9. The van der Waals surface area contributed by atoms with Crippen molar-refractivity contribution in [1.29, 1.82) is 0 Å². The molecule has 3 nitrogen and oxygen atoms in total. The summed E-state index contributed by atoms with van der Waals surface area (Å²) in [5, 5.41) is 3.47. The molecule has 1 aliphatic rings. The molecule has 1 aromatic rings. The minimum Gasteiger partial charge on any atom is -0.384 e. The van der Waals surface area contributed by atoms with E-state index < -0.39 is 0 Å². The summed E-state index contributed by atoms with van der Waals surface area (Å²) in [7, 11) is 0. The van der Waals surface area contributed by atoms with Gasteiger partial charge in [0, 0.05) is 25.4 Å². The van der Waals surface area contributed by atoms with E-state index in [1.807, 2.05) is 19.2 Å². The van der Waals surface area contributed by atoms with Crippen molar-refractivity contribution in [3.8, 4) is 0 Å². The molecule has 1 N–H and O–H groups in total. The molecule has 0 amide bonds. The smallest absolute Gasteiger partial charge is 0.250 e. The van der Waals surface area contributed by atoms with E-state index in [4.69, 9.17) is 0 Å². The zero-order valence-corrected chi connectivity index (χ0v) is 11.5. The lowest BCUT2D eigenvalue weighted by Gasteiger charge is -2.26. The molecule has 1 aliphatic carbocycles. The van der Waals surface area contributed by atoms with Crippen LogP contribution >= 0.6 is 0 Å². The highest BCUT2D eigenvalue weighted by Gasteiger charge is 2.17. The molecule has 1 aromatic heterocycles. The van der Waals surface area contributed by atoms with Crippen molar-refractivity contribution in [3.05, 3.63) is 28.7 Å². The number of hydrogen-bond donors (Lipinski definition) is 1. The van der Waals surface area contributed by atoms with Crippen molar-refractivity contribution in [3.63, 3.8) is 0 Å². The number of nitrogens with zero attached hydrogens (tertiary/aromatic N) is 1. The molecular weight excluding hydrogens is 224 g/mol. The minimum atomic E-state index is 0.0783. The zero-order chi connectivity index (χ0) is 13.0. The molecule has 1 heterocycles. The second-order valence-electron chi connectivity index (χ2n) is 5.55. The van der Waals surface area contributed by atoms with Gasteiger partial charge in [0.2, 0.25) is 0 Å². The first kappa shape index (κ1) is 13.2. The van der Waals surface area contributed by atoms with Crippen molar-refractivity contribution in [1.82, 2.24) is 4.57 Å². The van der Waals surface area contributed by atoms with Gasteiger partial charge in [0.05, 0.1) is 5.69 Å². The number of rotatable bonds is 4. The first-order valence-corrected chi connectivity index (χ1v) is 7.13. The van der Waals surface area contributed by atoms with Crippen molar-refractivity contribution >= 4 is 5.69 Å². The largest absolute Gasteiger partial charge is 0.384 e. The van der Waals surface area contributed by atoms with Gasteiger partial charge < -0.3 is 9.88 Å². The zero-order valence-electron chi connectivity index (χ0n) is 11.5. The third-order valence-corrected chi connectivity index (χ3v) is 4.05. The molecule has 2 rings (SSSR count). The molecule has 3 heteroatoms. The van der Waals surface area contributed by atoms with Gasteiger partial charge in [-0.2, -0.15) is 0 Å². The Hall–Kier alpha value is -1.25. The maximum Gasteiger partial charge on any atom is 0.250 e. The molecule has 0 spiro atoms. The highest BCUT2D eigenvalue weighted by atomic mass is 16.1. The summed E-state index contributed by atoms with van der Waals surface area (Å²) in [6.45, 7) is 6.11. The molecule has 0 radical (unpaired) electrons. The van der Waals surface area contributed by atoms with Gasteiger partial charge in [-0.3, -0.25) is 4.79 Å². The van der Waals surface area contributed by atoms with Crippen LogP contribution in [0.2, 0.25) is 0 Å². The van der Waals surface area contributed by atoms with Gasteiger partial charge in [-0.25, -0.2) is 0 Å². The molecular formula is C15H24N2O. The Balaban J connectivity index is 1.88. The number of aromatic nitrogens is 1. The van der Waals surface area contributed by atoms with Crippen LogP contribution < -0.4 is 10.9 Å².